The Kier molecular flexibility index (Phi) is 6.32. The van der Waals surface area contributed by atoms with E-state index in [0.29, 0.717) is 23.9 Å². The summed E-state index contributed by atoms with van der Waals surface area (Å²) in [5, 5.41) is 7.54. The Labute approximate surface area is 164 Å². The second kappa shape index (κ2) is 8.89. The van der Waals surface area contributed by atoms with Gasteiger partial charge in [-0.3, -0.25) is 19.3 Å². The average Bonchev–Trinajstić information content (AvgIpc) is 3.13. The van der Waals surface area contributed by atoms with Crippen LogP contribution in [0.4, 0.5) is 9.52 Å². The smallest absolute Gasteiger partial charge is 0.307 e. The van der Waals surface area contributed by atoms with Crippen molar-refractivity contribution in [1.29, 1.82) is 0 Å². The van der Waals surface area contributed by atoms with E-state index in [1.165, 1.54) is 30.6 Å². The van der Waals surface area contributed by atoms with Crippen molar-refractivity contribution in [2.24, 2.45) is 0 Å². The molecule has 1 saturated heterocycles. The van der Waals surface area contributed by atoms with Gasteiger partial charge in [0.1, 0.15) is 11.9 Å². The Morgan fingerprint density at radius 1 is 1.39 bits per heavy atom. The van der Waals surface area contributed by atoms with Gasteiger partial charge in [0.2, 0.25) is 11.8 Å². The lowest BCUT2D eigenvalue weighted by molar-refractivity contribution is -0.146. The van der Waals surface area contributed by atoms with Crippen molar-refractivity contribution in [2.75, 3.05) is 32.1 Å². The molecule has 28 heavy (non-hydrogen) atoms. The number of aromatic nitrogens is 1. The number of carbonyl (C=O) groups is 3. The number of methoxy groups -OCH3 is 1. The lowest BCUT2D eigenvalue weighted by Gasteiger charge is -2.33. The minimum atomic E-state index is -0.752. The summed E-state index contributed by atoms with van der Waals surface area (Å²) in [5.74, 6) is -1.50. The molecule has 0 spiro atoms. The number of rotatable bonds is 6. The van der Waals surface area contributed by atoms with Crippen molar-refractivity contribution >= 4 is 34.3 Å². The minimum Gasteiger partial charge on any atom is -0.469 e. The van der Waals surface area contributed by atoms with Crippen LogP contribution in [0.15, 0.2) is 29.6 Å². The van der Waals surface area contributed by atoms with Crippen LogP contribution in [-0.2, 0) is 19.1 Å². The van der Waals surface area contributed by atoms with Gasteiger partial charge in [-0.1, -0.05) is 0 Å². The van der Waals surface area contributed by atoms with Gasteiger partial charge in [-0.2, -0.15) is 0 Å². The highest BCUT2D eigenvalue weighted by atomic mass is 32.1. The summed E-state index contributed by atoms with van der Waals surface area (Å²) < 4.78 is 17.7. The normalized spacial score (nSPS) is 17.1. The number of nitrogens with zero attached hydrogens (tertiary/aromatic N) is 2. The predicted octanol–water partition coefficient (Wildman–Crippen LogP) is 1.25. The first-order valence-corrected chi connectivity index (χ1v) is 9.44. The van der Waals surface area contributed by atoms with Gasteiger partial charge >= 0.3 is 5.97 Å². The number of hydrogen-bond donors (Lipinski definition) is 2. The first kappa shape index (κ1) is 19.9. The van der Waals surface area contributed by atoms with E-state index in [9.17, 15) is 18.8 Å². The van der Waals surface area contributed by atoms with Crippen LogP contribution in [0.25, 0.3) is 11.3 Å². The summed E-state index contributed by atoms with van der Waals surface area (Å²) in [6, 6.07) is 5.16. The number of nitrogens with one attached hydrogen (secondary N) is 2. The maximum absolute atomic E-state index is 13.0. The fraction of sp³-hybridized carbons (Fsp3) is 0.333. The highest BCUT2D eigenvalue weighted by molar-refractivity contribution is 7.14. The number of carbonyl (C=O) groups excluding carboxylic acids is 3. The van der Waals surface area contributed by atoms with E-state index in [2.05, 4.69) is 20.4 Å². The lowest BCUT2D eigenvalue weighted by atomic mass is 10.1. The second-order valence-corrected chi connectivity index (χ2v) is 7.01. The van der Waals surface area contributed by atoms with Gasteiger partial charge in [0.25, 0.3) is 0 Å². The Morgan fingerprint density at radius 3 is 2.86 bits per heavy atom. The van der Waals surface area contributed by atoms with Crippen molar-refractivity contribution in [1.82, 2.24) is 15.2 Å². The van der Waals surface area contributed by atoms with E-state index in [1.54, 1.807) is 22.4 Å². The van der Waals surface area contributed by atoms with E-state index in [1.807, 2.05) is 0 Å². The zero-order valence-electron chi connectivity index (χ0n) is 15.1. The molecule has 1 fully saturated rings. The summed E-state index contributed by atoms with van der Waals surface area (Å²) in [6.45, 7) is 0.788. The summed E-state index contributed by atoms with van der Waals surface area (Å²) in [7, 11) is 1.25. The molecule has 0 bridgehead atoms. The molecule has 0 aliphatic carbocycles. The molecule has 1 atom stereocenters. The largest absolute Gasteiger partial charge is 0.469 e. The minimum absolute atomic E-state index is 0.0550. The molecule has 1 unspecified atom stereocenters. The summed E-state index contributed by atoms with van der Waals surface area (Å²) >= 11 is 1.25. The summed E-state index contributed by atoms with van der Waals surface area (Å²) in [6.07, 6.45) is -0.123. The SMILES string of the molecule is COC(=O)CC1C(=O)NCCN1CC(=O)Nc1nc(-c2ccc(F)cc2)cs1. The van der Waals surface area contributed by atoms with E-state index >= 15 is 0 Å². The number of amides is 2. The van der Waals surface area contributed by atoms with Gasteiger partial charge < -0.3 is 15.4 Å². The lowest BCUT2D eigenvalue weighted by Crippen LogP contribution is -2.57. The maximum Gasteiger partial charge on any atom is 0.307 e. The second-order valence-electron chi connectivity index (χ2n) is 6.15. The molecule has 0 radical (unpaired) electrons. The Balaban J connectivity index is 1.62. The first-order chi connectivity index (χ1) is 13.5. The molecule has 1 aromatic heterocycles. The zero-order valence-corrected chi connectivity index (χ0v) is 15.9. The van der Waals surface area contributed by atoms with Gasteiger partial charge in [0.15, 0.2) is 5.13 Å². The van der Waals surface area contributed by atoms with E-state index in [-0.39, 0.29) is 30.6 Å². The van der Waals surface area contributed by atoms with Crippen molar-refractivity contribution in [3.63, 3.8) is 0 Å². The van der Waals surface area contributed by atoms with Crippen molar-refractivity contribution < 1.29 is 23.5 Å². The number of halogens is 1. The van der Waals surface area contributed by atoms with Crippen molar-refractivity contribution in [3.05, 3.63) is 35.5 Å². The molecular weight excluding hydrogens is 387 g/mol. The molecule has 2 heterocycles. The Hall–Kier alpha value is -2.85. The van der Waals surface area contributed by atoms with Crippen LogP contribution < -0.4 is 10.6 Å². The number of benzene rings is 1. The molecule has 10 heteroatoms. The topological polar surface area (TPSA) is 101 Å². The molecular formula is C18H19FN4O4S. The van der Waals surface area contributed by atoms with Crippen LogP contribution in [0.3, 0.4) is 0 Å². The third-order valence-electron chi connectivity index (χ3n) is 4.27. The quantitative estimate of drug-likeness (QED) is 0.701. The Bertz CT molecular complexity index is 871. The van der Waals surface area contributed by atoms with Crippen molar-refractivity contribution in [3.8, 4) is 11.3 Å². The summed E-state index contributed by atoms with van der Waals surface area (Å²) in [5.41, 5.74) is 1.37. The summed E-state index contributed by atoms with van der Waals surface area (Å²) in [4.78, 5) is 42.0. The fourth-order valence-corrected chi connectivity index (χ4v) is 3.58. The van der Waals surface area contributed by atoms with Crippen LogP contribution in [0.5, 0.6) is 0 Å². The standard InChI is InChI=1S/C18H19FN4O4S/c1-27-16(25)8-14-17(26)20-6-7-23(14)9-15(24)22-18-21-13(10-28-18)11-2-4-12(19)5-3-11/h2-5,10,14H,6-9H2,1H3,(H,20,26)(H,21,22,24). The number of thiazole rings is 1. The number of anilines is 1. The number of piperazine rings is 1. The fourth-order valence-electron chi connectivity index (χ4n) is 2.84. The molecule has 1 aliphatic rings. The van der Waals surface area contributed by atoms with Crippen molar-refractivity contribution in [2.45, 2.75) is 12.5 Å². The number of hydrogen-bond acceptors (Lipinski definition) is 7. The maximum atomic E-state index is 13.0. The number of ether oxygens (including phenoxy) is 1. The molecule has 2 aromatic rings. The van der Waals surface area contributed by atoms with Crippen LogP contribution >= 0.6 is 11.3 Å². The average molecular weight is 406 g/mol. The molecule has 1 aromatic carbocycles. The number of esters is 1. The van der Waals surface area contributed by atoms with Crippen LogP contribution in [0.1, 0.15) is 6.42 Å². The van der Waals surface area contributed by atoms with Gasteiger partial charge in [-0.15, -0.1) is 11.3 Å². The molecule has 8 nitrogen and oxygen atoms in total. The van der Waals surface area contributed by atoms with Gasteiger partial charge in [0.05, 0.1) is 25.8 Å². The molecule has 2 amide bonds. The van der Waals surface area contributed by atoms with Crippen LogP contribution in [0.2, 0.25) is 0 Å². The highest BCUT2D eigenvalue weighted by Crippen LogP contribution is 2.25. The molecule has 0 saturated carbocycles. The molecule has 2 N–H and O–H groups in total. The van der Waals surface area contributed by atoms with E-state index in [4.69, 9.17) is 0 Å². The van der Waals surface area contributed by atoms with Gasteiger partial charge in [-0.25, -0.2) is 9.37 Å². The third kappa shape index (κ3) is 4.90. The first-order valence-electron chi connectivity index (χ1n) is 8.56. The highest BCUT2D eigenvalue weighted by Gasteiger charge is 2.33. The molecule has 1 aliphatic heterocycles. The van der Waals surface area contributed by atoms with E-state index in [0.717, 1.165) is 5.56 Å². The Morgan fingerprint density at radius 2 is 2.14 bits per heavy atom. The van der Waals surface area contributed by atoms with E-state index < -0.39 is 12.0 Å². The van der Waals surface area contributed by atoms with Gasteiger partial charge in [0, 0.05) is 24.0 Å². The van der Waals surface area contributed by atoms with Gasteiger partial charge in [-0.05, 0) is 24.3 Å². The van der Waals surface area contributed by atoms with Crippen LogP contribution in [0, 0.1) is 5.82 Å². The van der Waals surface area contributed by atoms with Crippen LogP contribution in [-0.4, -0.2) is 60.5 Å². The monoisotopic (exact) mass is 406 g/mol. The third-order valence-corrected chi connectivity index (χ3v) is 5.02. The molecule has 3 rings (SSSR count). The predicted molar refractivity (Wildman–Crippen MR) is 101 cm³/mol. The molecule has 148 valence electrons. The zero-order chi connectivity index (χ0) is 20.1.